The summed E-state index contributed by atoms with van der Waals surface area (Å²) in [5.41, 5.74) is 0. The first-order valence-corrected chi connectivity index (χ1v) is 2.20. The van der Waals surface area contributed by atoms with Gasteiger partial charge in [-0.25, -0.2) is 4.79 Å². The van der Waals surface area contributed by atoms with Crippen LogP contribution in [-0.2, 0) is 9.53 Å². The Kier molecular flexibility index (Phi) is 8.45. The van der Waals surface area contributed by atoms with E-state index < -0.39 is 6.16 Å². The van der Waals surface area contributed by atoms with Crippen LogP contribution in [0.1, 0.15) is 6.92 Å². The van der Waals surface area contributed by atoms with Crippen LogP contribution >= 0.6 is 0 Å². The first kappa shape index (κ1) is 11.3. The van der Waals surface area contributed by atoms with Crippen molar-refractivity contribution in [3.8, 4) is 0 Å². The van der Waals surface area contributed by atoms with Crippen LogP contribution in [0.5, 0.6) is 0 Å². The van der Waals surface area contributed by atoms with Crippen LogP contribution in [0.3, 0.4) is 0 Å². The maximum absolute atomic E-state index is 9.75. The molecule has 0 aliphatic carbocycles. The van der Waals surface area contributed by atoms with Crippen molar-refractivity contribution in [3.05, 3.63) is 12.8 Å². The summed E-state index contributed by atoms with van der Waals surface area (Å²) in [6.07, 6.45) is -0.734. The van der Waals surface area contributed by atoms with Crippen molar-refractivity contribution in [3.63, 3.8) is 0 Å². The Bertz CT molecular complexity index is 124. The highest BCUT2D eigenvalue weighted by atomic mass is 16.6. The molecule has 0 amide bonds. The highest BCUT2D eigenvalue weighted by Crippen LogP contribution is 1.70. The van der Waals surface area contributed by atoms with Crippen molar-refractivity contribution >= 4 is 12.1 Å². The Morgan fingerprint density at radius 2 is 1.80 bits per heavy atom. The highest BCUT2D eigenvalue weighted by molar-refractivity contribution is 5.66. The first-order chi connectivity index (χ1) is 4.50. The Hall–Kier alpha value is -1.52. The lowest BCUT2D eigenvalue weighted by Crippen LogP contribution is -1.87. The van der Waals surface area contributed by atoms with Gasteiger partial charge >= 0.3 is 12.1 Å². The molecule has 0 unspecified atom stereocenters. The van der Waals surface area contributed by atoms with Crippen LogP contribution < -0.4 is 0 Å². The fourth-order valence-electron chi connectivity index (χ4n) is 0.117. The lowest BCUT2D eigenvalue weighted by atomic mass is 10.8. The van der Waals surface area contributed by atoms with Crippen molar-refractivity contribution in [2.24, 2.45) is 0 Å². The number of ether oxygens (including phenoxy) is 1. The molecule has 10 heavy (non-hydrogen) atoms. The van der Waals surface area contributed by atoms with E-state index in [9.17, 15) is 4.79 Å². The first-order valence-electron chi connectivity index (χ1n) is 2.20. The molecule has 0 aliphatic rings. The normalized spacial score (nSPS) is 6.50. The van der Waals surface area contributed by atoms with E-state index in [1.807, 2.05) is 0 Å². The quantitative estimate of drug-likeness (QED) is 0.426. The predicted molar refractivity (Wildman–Crippen MR) is 32.6 cm³/mol. The number of rotatable bonds is 1. The lowest BCUT2D eigenvalue weighted by Gasteiger charge is -1.83. The van der Waals surface area contributed by atoms with Crippen LogP contribution in [0.4, 0.5) is 4.79 Å². The van der Waals surface area contributed by atoms with E-state index in [0.717, 1.165) is 6.26 Å². The summed E-state index contributed by atoms with van der Waals surface area (Å²) < 4.78 is 4.17. The van der Waals surface area contributed by atoms with Gasteiger partial charge in [0.25, 0.3) is 0 Å². The van der Waals surface area contributed by atoms with Crippen LogP contribution in [0.15, 0.2) is 12.8 Å². The van der Waals surface area contributed by atoms with E-state index in [0.29, 0.717) is 0 Å². The molecule has 0 spiro atoms. The van der Waals surface area contributed by atoms with Gasteiger partial charge in [0.1, 0.15) is 0 Å². The van der Waals surface area contributed by atoms with E-state index in [1.165, 1.54) is 6.92 Å². The maximum Gasteiger partial charge on any atom is 0.503 e. The number of hydrogen-bond acceptors (Lipinski definition) is 3. The molecule has 0 aromatic rings. The summed E-state index contributed by atoms with van der Waals surface area (Å²) in [5.74, 6) is -0.329. The Balaban J connectivity index is 0. The summed E-state index contributed by atoms with van der Waals surface area (Å²) in [4.78, 5) is 18.3. The minimum atomic E-state index is -1.83. The van der Waals surface area contributed by atoms with Crippen molar-refractivity contribution in [2.75, 3.05) is 0 Å². The van der Waals surface area contributed by atoms with Gasteiger partial charge in [-0.05, 0) is 0 Å². The fraction of sp³-hybridized carbons (Fsp3) is 0.200. The lowest BCUT2D eigenvalue weighted by molar-refractivity contribution is -0.135. The molecule has 5 heteroatoms. The summed E-state index contributed by atoms with van der Waals surface area (Å²) >= 11 is 0. The zero-order valence-electron chi connectivity index (χ0n) is 5.40. The molecule has 2 N–H and O–H groups in total. The Morgan fingerprint density at radius 1 is 1.50 bits per heavy atom. The number of carbonyl (C=O) groups excluding carboxylic acids is 1. The third-order valence-corrected chi connectivity index (χ3v) is 0.249. The van der Waals surface area contributed by atoms with Gasteiger partial charge in [-0.1, -0.05) is 6.58 Å². The number of esters is 1. The molecule has 0 heterocycles. The van der Waals surface area contributed by atoms with Gasteiger partial charge in [0.05, 0.1) is 6.26 Å². The molecule has 0 radical (unpaired) electrons. The van der Waals surface area contributed by atoms with Gasteiger partial charge in [-0.3, -0.25) is 4.79 Å². The largest absolute Gasteiger partial charge is 0.503 e. The molecule has 58 valence electrons. The molecule has 0 saturated carbocycles. The molecule has 0 aromatic carbocycles. The van der Waals surface area contributed by atoms with E-state index in [-0.39, 0.29) is 5.97 Å². The summed E-state index contributed by atoms with van der Waals surface area (Å²) in [6.45, 7) is 4.48. The number of carboxylic acid groups (broad SMARTS) is 2. The van der Waals surface area contributed by atoms with Crippen LogP contribution in [-0.4, -0.2) is 22.3 Å². The molecular weight excluding hydrogens is 140 g/mol. The smallest absolute Gasteiger partial charge is 0.450 e. The van der Waals surface area contributed by atoms with Crippen LogP contribution in [0, 0.1) is 0 Å². The van der Waals surface area contributed by atoms with Gasteiger partial charge in [0.15, 0.2) is 0 Å². The van der Waals surface area contributed by atoms with Crippen LogP contribution in [0.25, 0.3) is 0 Å². The molecular formula is C5H8O5. The predicted octanol–water partition coefficient (Wildman–Crippen LogP) is 0.915. The average molecular weight is 148 g/mol. The van der Waals surface area contributed by atoms with Gasteiger partial charge in [-0.2, -0.15) is 0 Å². The zero-order valence-corrected chi connectivity index (χ0v) is 5.40. The van der Waals surface area contributed by atoms with E-state index >= 15 is 0 Å². The average Bonchev–Trinajstić information content (AvgIpc) is 1.62. The fourth-order valence-corrected chi connectivity index (χ4v) is 0.117. The second-order valence-electron chi connectivity index (χ2n) is 1.06. The third-order valence-electron chi connectivity index (χ3n) is 0.249. The van der Waals surface area contributed by atoms with E-state index in [1.54, 1.807) is 0 Å². The monoisotopic (exact) mass is 148 g/mol. The summed E-state index contributed by atoms with van der Waals surface area (Å²) in [5, 5.41) is 13.9. The molecule has 0 rings (SSSR count). The Morgan fingerprint density at radius 3 is 1.80 bits per heavy atom. The molecule has 0 saturated heterocycles. The minimum Gasteiger partial charge on any atom is -0.450 e. The molecule has 5 nitrogen and oxygen atoms in total. The van der Waals surface area contributed by atoms with Crippen molar-refractivity contribution in [1.82, 2.24) is 0 Å². The molecule has 0 aliphatic heterocycles. The SMILES string of the molecule is C=COC(C)=O.O=C(O)O. The minimum absolute atomic E-state index is 0.329. The van der Waals surface area contributed by atoms with Crippen LogP contribution in [0.2, 0.25) is 0 Å². The van der Waals surface area contributed by atoms with Crippen molar-refractivity contribution in [1.29, 1.82) is 0 Å². The van der Waals surface area contributed by atoms with Gasteiger partial charge < -0.3 is 14.9 Å². The molecule has 0 aromatic heterocycles. The molecule has 0 bridgehead atoms. The number of hydrogen-bond donors (Lipinski definition) is 2. The topological polar surface area (TPSA) is 83.8 Å². The standard InChI is InChI=1S/C4H6O2.CH2O3/c1-3-6-4(2)5;2-1(3)4/h3H,1H2,2H3;(H2,2,3,4). The van der Waals surface area contributed by atoms with Gasteiger partial charge in [0.2, 0.25) is 0 Å². The molecule has 0 atom stereocenters. The third kappa shape index (κ3) is 88.8. The van der Waals surface area contributed by atoms with Crippen molar-refractivity contribution in [2.45, 2.75) is 6.92 Å². The maximum atomic E-state index is 9.75. The second-order valence-corrected chi connectivity index (χ2v) is 1.06. The van der Waals surface area contributed by atoms with Gasteiger partial charge in [-0.15, -0.1) is 0 Å². The molecule has 0 fully saturated rings. The van der Waals surface area contributed by atoms with Crippen molar-refractivity contribution < 1.29 is 24.5 Å². The summed E-state index contributed by atoms with van der Waals surface area (Å²) in [7, 11) is 0. The van der Waals surface area contributed by atoms with E-state index in [2.05, 4.69) is 11.3 Å². The number of carbonyl (C=O) groups is 2. The summed E-state index contributed by atoms with van der Waals surface area (Å²) in [6, 6.07) is 0. The Labute approximate surface area is 57.5 Å². The highest BCUT2D eigenvalue weighted by Gasteiger charge is 1.79. The van der Waals surface area contributed by atoms with Gasteiger partial charge in [0, 0.05) is 6.92 Å². The second kappa shape index (κ2) is 7.48. The van der Waals surface area contributed by atoms with E-state index in [4.69, 9.17) is 15.0 Å². The zero-order chi connectivity index (χ0) is 8.57.